The maximum absolute atomic E-state index is 9.50. The molecule has 0 amide bonds. The van der Waals surface area contributed by atoms with Crippen LogP contribution in [0.5, 0.6) is 0 Å². The average molecular weight is 579 g/mol. The second-order valence-corrected chi connectivity index (χ2v) is 11.3. The van der Waals surface area contributed by atoms with E-state index in [1.807, 2.05) is 95.6 Å². The summed E-state index contributed by atoms with van der Waals surface area (Å²) in [6.45, 7) is 0. The Hall–Kier alpha value is -5.99. The Morgan fingerprint density at radius 3 is 1.71 bits per heavy atom. The molecule has 1 aliphatic rings. The second kappa shape index (κ2) is 9.25. The SMILES string of the molecule is [2H]c1c([2H])c([2H])c2c(-c3nc4ccccc4n3-c3ccccc3)c3c([2H])c([2H])c([2H])c([2H])c3c(-c3ccc4c5c(cccc35)-c3ccccc3-4)c2c1[2H]. The molecule has 0 bridgehead atoms. The van der Waals surface area contributed by atoms with Crippen molar-refractivity contribution in [3.8, 4) is 50.5 Å². The van der Waals surface area contributed by atoms with Crippen LogP contribution < -0.4 is 0 Å². The standard InChI is InChI=1S/C43H26N2/c1-2-13-27(14-3-1)45-39-24-11-10-23-38(39)44-43(45)42-34-19-8-6-17-31(34)41(32-18-7-9-20-35(32)42)37-26-25-36-29-16-5-4-15-28(29)30-21-12-22-33(37)40(30)36/h1-26H/i6D,7D,8D,9D,17D,18D,19D,20D. The molecule has 10 rings (SSSR count). The lowest BCUT2D eigenvalue weighted by Crippen LogP contribution is -1.99. The molecule has 9 aromatic rings. The zero-order chi connectivity index (χ0) is 36.4. The van der Waals surface area contributed by atoms with Crippen molar-refractivity contribution >= 4 is 43.4 Å². The Morgan fingerprint density at radius 2 is 1.00 bits per heavy atom. The van der Waals surface area contributed by atoms with Gasteiger partial charge in [-0.05, 0) is 90.0 Å². The van der Waals surface area contributed by atoms with Crippen LogP contribution >= 0.6 is 0 Å². The first kappa shape index (κ1) is 18.0. The topological polar surface area (TPSA) is 17.8 Å². The lowest BCUT2D eigenvalue weighted by Gasteiger charge is -2.19. The quantitative estimate of drug-likeness (QED) is 0.191. The van der Waals surface area contributed by atoms with Crippen molar-refractivity contribution in [1.29, 1.82) is 0 Å². The van der Waals surface area contributed by atoms with Crippen LogP contribution in [0.4, 0.5) is 0 Å². The number of fused-ring (bicyclic) bond motifs is 6. The van der Waals surface area contributed by atoms with Crippen molar-refractivity contribution in [3.63, 3.8) is 0 Å². The molecule has 0 saturated heterocycles. The van der Waals surface area contributed by atoms with Gasteiger partial charge in [0.15, 0.2) is 0 Å². The maximum Gasteiger partial charge on any atom is 0.146 e. The van der Waals surface area contributed by atoms with Crippen LogP contribution in [-0.2, 0) is 0 Å². The summed E-state index contributed by atoms with van der Waals surface area (Å²) in [7, 11) is 0. The molecule has 0 fully saturated rings. The van der Waals surface area contributed by atoms with Gasteiger partial charge in [-0.3, -0.25) is 4.57 Å². The van der Waals surface area contributed by atoms with E-state index in [1.165, 1.54) is 0 Å². The van der Waals surface area contributed by atoms with Gasteiger partial charge >= 0.3 is 0 Å². The molecule has 0 spiro atoms. The molecular weight excluding hydrogens is 544 g/mol. The van der Waals surface area contributed by atoms with Gasteiger partial charge in [-0.15, -0.1) is 0 Å². The number of aromatic nitrogens is 2. The summed E-state index contributed by atoms with van der Waals surface area (Å²) in [6, 6.07) is 32.0. The Bertz CT molecular complexity index is 2990. The fourth-order valence-electron chi connectivity index (χ4n) is 7.18. The molecule has 208 valence electrons. The third-order valence-electron chi connectivity index (χ3n) is 8.99. The molecule has 1 aliphatic carbocycles. The first-order valence-corrected chi connectivity index (χ1v) is 14.8. The second-order valence-electron chi connectivity index (χ2n) is 11.3. The van der Waals surface area contributed by atoms with E-state index in [0.717, 1.165) is 44.2 Å². The Labute approximate surface area is 271 Å². The van der Waals surface area contributed by atoms with E-state index in [9.17, 15) is 5.48 Å². The number of rotatable bonds is 3. The third kappa shape index (κ3) is 3.37. The highest BCUT2D eigenvalue weighted by Gasteiger charge is 2.25. The van der Waals surface area contributed by atoms with Crippen molar-refractivity contribution < 1.29 is 11.0 Å². The van der Waals surface area contributed by atoms with Crippen LogP contribution in [0.15, 0.2) is 158 Å². The first-order valence-electron chi connectivity index (χ1n) is 18.8. The highest BCUT2D eigenvalue weighted by atomic mass is 15.1. The summed E-state index contributed by atoms with van der Waals surface area (Å²) < 4.78 is 75.5. The van der Waals surface area contributed by atoms with E-state index < -0.39 is 24.2 Å². The van der Waals surface area contributed by atoms with E-state index in [0.29, 0.717) is 22.5 Å². The van der Waals surface area contributed by atoms with Gasteiger partial charge in [0, 0.05) is 11.3 Å². The molecule has 0 unspecified atom stereocenters. The Morgan fingerprint density at radius 1 is 0.444 bits per heavy atom. The van der Waals surface area contributed by atoms with Crippen molar-refractivity contribution in [2.75, 3.05) is 0 Å². The first-order chi connectivity index (χ1) is 25.7. The molecule has 45 heavy (non-hydrogen) atoms. The fourth-order valence-corrected chi connectivity index (χ4v) is 7.18. The van der Waals surface area contributed by atoms with Gasteiger partial charge in [0.05, 0.1) is 22.0 Å². The lowest BCUT2D eigenvalue weighted by atomic mass is 9.85. The fraction of sp³-hybridized carbons (Fsp3) is 0. The monoisotopic (exact) mass is 578 g/mol. The molecule has 2 heteroatoms. The zero-order valence-electron chi connectivity index (χ0n) is 31.8. The van der Waals surface area contributed by atoms with Crippen LogP contribution in [0.1, 0.15) is 11.0 Å². The van der Waals surface area contributed by atoms with Crippen LogP contribution in [0.25, 0.3) is 93.8 Å². The molecular formula is C43H26N2. The lowest BCUT2D eigenvalue weighted by molar-refractivity contribution is 1.11. The smallest absolute Gasteiger partial charge is 0.146 e. The summed E-state index contributed by atoms with van der Waals surface area (Å²) >= 11 is 0. The normalized spacial score (nSPS) is 14.5. The maximum atomic E-state index is 9.50. The minimum absolute atomic E-state index is 0.127. The largest absolute Gasteiger partial charge is 0.292 e. The van der Waals surface area contributed by atoms with Gasteiger partial charge in [0.25, 0.3) is 0 Å². The minimum atomic E-state index is -0.451. The van der Waals surface area contributed by atoms with E-state index >= 15 is 0 Å². The summed E-state index contributed by atoms with van der Waals surface area (Å²) in [6.07, 6.45) is 0. The molecule has 0 saturated carbocycles. The molecule has 0 aliphatic heterocycles. The van der Waals surface area contributed by atoms with Crippen LogP contribution in [0.3, 0.4) is 0 Å². The van der Waals surface area contributed by atoms with Crippen molar-refractivity contribution in [2.45, 2.75) is 0 Å². The average Bonchev–Trinajstić information content (AvgIpc) is 3.74. The van der Waals surface area contributed by atoms with Crippen molar-refractivity contribution in [1.82, 2.24) is 9.55 Å². The van der Waals surface area contributed by atoms with Crippen molar-refractivity contribution in [3.05, 3.63) is 158 Å². The van der Waals surface area contributed by atoms with E-state index in [-0.39, 0.29) is 51.3 Å². The molecule has 0 N–H and O–H groups in total. The summed E-state index contributed by atoms with van der Waals surface area (Å²) in [5.41, 5.74) is 7.43. The molecule has 0 radical (unpaired) electrons. The number of para-hydroxylation sites is 3. The van der Waals surface area contributed by atoms with Crippen LogP contribution in [0, 0.1) is 0 Å². The number of hydrogen-bond donors (Lipinski definition) is 0. The zero-order valence-corrected chi connectivity index (χ0v) is 23.8. The molecule has 1 heterocycles. The van der Waals surface area contributed by atoms with Gasteiger partial charge in [-0.1, -0.05) is 133 Å². The third-order valence-corrected chi connectivity index (χ3v) is 8.99. The molecule has 1 aromatic heterocycles. The number of benzene rings is 8. The van der Waals surface area contributed by atoms with E-state index in [4.69, 9.17) is 10.5 Å². The van der Waals surface area contributed by atoms with Crippen molar-refractivity contribution in [2.24, 2.45) is 0 Å². The molecule has 8 aromatic carbocycles. The van der Waals surface area contributed by atoms with Gasteiger partial charge < -0.3 is 0 Å². The van der Waals surface area contributed by atoms with Gasteiger partial charge in [-0.2, -0.15) is 0 Å². The summed E-state index contributed by atoms with van der Waals surface area (Å²) in [5.74, 6) is 0.296. The summed E-state index contributed by atoms with van der Waals surface area (Å²) in [5, 5.41) is 2.36. The highest BCUT2D eigenvalue weighted by molar-refractivity contribution is 6.26. The number of nitrogens with zero attached hydrogens (tertiary/aromatic N) is 2. The predicted molar refractivity (Wildman–Crippen MR) is 189 cm³/mol. The molecule has 0 atom stereocenters. The van der Waals surface area contributed by atoms with Gasteiger partial charge in [0.1, 0.15) is 5.82 Å². The van der Waals surface area contributed by atoms with Gasteiger partial charge in [0.2, 0.25) is 0 Å². The number of hydrogen-bond acceptors (Lipinski definition) is 1. The van der Waals surface area contributed by atoms with E-state index in [1.54, 1.807) is 0 Å². The predicted octanol–water partition coefficient (Wildman–Crippen LogP) is 11.5. The highest BCUT2D eigenvalue weighted by Crippen LogP contribution is 2.51. The van der Waals surface area contributed by atoms with E-state index in [2.05, 4.69) is 18.2 Å². The number of imidazole rings is 1. The van der Waals surface area contributed by atoms with Gasteiger partial charge in [-0.25, -0.2) is 4.98 Å². The van der Waals surface area contributed by atoms with Crippen LogP contribution in [0.2, 0.25) is 0 Å². The van der Waals surface area contributed by atoms with Crippen LogP contribution in [-0.4, -0.2) is 9.55 Å². The summed E-state index contributed by atoms with van der Waals surface area (Å²) in [4.78, 5) is 5.07. The minimum Gasteiger partial charge on any atom is -0.292 e. The Kier molecular flexibility index (Phi) is 3.69. The molecule has 2 nitrogen and oxygen atoms in total. The Balaban J connectivity index is 1.49.